The molecule has 4 nitrogen and oxygen atoms in total. The van der Waals surface area contributed by atoms with Crippen molar-refractivity contribution in [3.8, 4) is 0 Å². The molecule has 0 radical (unpaired) electrons. The highest BCUT2D eigenvalue weighted by molar-refractivity contribution is 9.09. The molecule has 15 heavy (non-hydrogen) atoms. The minimum Gasteiger partial charge on any atom is -0.294 e. The van der Waals surface area contributed by atoms with Gasteiger partial charge in [0, 0.05) is 17.8 Å². The second kappa shape index (κ2) is 5.23. The average Bonchev–Trinajstić information content (AvgIpc) is 2.17. The van der Waals surface area contributed by atoms with Crippen molar-refractivity contribution in [3.05, 3.63) is 38.9 Å². The van der Waals surface area contributed by atoms with Gasteiger partial charge in [-0.25, -0.2) is 0 Å². The maximum atomic E-state index is 11.6. The molecule has 0 aliphatic carbocycles. The standard InChI is InChI=1S/C9H7BrClNO3/c10-5-4-8(13)9-6(11)2-1-3-7(9)12(14)15/h1-3H,4-5H2. The number of benzene rings is 1. The molecule has 0 aliphatic rings. The largest absolute Gasteiger partial charge is 0.294 e. The molecule has 0 bridgehead atoms. The smallest absolute Gasteiger partial charge is 0.281 e. The third kappa shape index (κ3) is 2.76. The van der Waals surface area contributed by atoms with Crippen LogP contribution in [0.15, 0.2) is 18.2 Å². The van der Waals surface area contributed by atoms with Crippen molar-refractivity contribution in [1.29, 1.82) is 0 Å². The summed E-state index contributed by atoms with van der Waals surface area (Å²) in [4.78, 5) is 21.6. The summed E-state index contributed by atoms with van der Waals surface area (Å²) in [5.41, 5.74) is -0.253. The fourth-order valence-electron chi connectivity index (χ4n) is 1.15. The van der Waals surface area contributed by atoms with Gasteiger partial charge in [0.15, 0.2) is 5.78 Å². The van der Waals surface area contributed by atoms with Gasteiger partial charge in [0.25, 0.3) is 5.69 Å². The fraction of sp³-hybridized carbons (Fsp3) is 0.222. The summed E-state index contributed by atoms with van der Waals surface area (Å²) < 4.78 is 0. The lowest BCUT2D eigenvalue weighted by Gasteiger charge is -2.02. The van der Waals surface area contributed by atoms with Crippen LogP contribution in [-0.2, 0) is 0 Å². The predicted octanol–water partition coefficient (Wildman–Crippen LogP) is 3.22. The van der Waals surface area contributed by atoms with Crippen LogP contribution in [0, 0.1) is 10.1 Å². The number of alkyl halides is 1. The number of Topliss-reactive ketones (excluding diaryl/α,β-unsaturated/α-hetero) is 1. The highest BCUT2D eigenvalue weighted by Gasteiger charge is 2.22. The van der Waals surface area contributed by atoms with Crippen molar-refractivity contribution in [2.75, 3.05) is 5.33 Å². The zero-order valence-electron chi connectivity index (χ0n) is 7.57. The van der Waals surface area contributed by atoms with Crippen LogP contribution in [0.1, 0.15) is 16.8 Å². The van der Waals surface area contributed by atoms with E-state index in [0.717, 1.165) is 0 Å². The van der Waals surface area contributed by atoms with Crippen LogP contribution < -0.4 is 0 Å². The van der Waals surface area contributed by atoms with Crippen molar-refractivity contribution in [1.82, 2.24) is 0 Å². The van der Waals surface area contributed by atoms with Gasteiger partial charge in [-0.1, -0.05) is 33.6 Å². The van der Waals surface area contributed by atoms with Gasteiger partial charge in [-0.15, -0.1) is 0 Å². The number of hydrogen-bond acceptors (Lipinski definition) is 3. The number of nitro benzene ring substituents is 1. The normalized spacial score (nSPS) is 10.0. The van der Waals surface area contributed by atoms with E-state index in [9.17, 15) is 14.9 Å². The number of hydrogen-bond donors (Lipinski definition) is 0. The highest BCUT2D eigenvalue weighted by Crippen LogP contribution is 2.27. The van der Waals surface area contributed by atoms with Gasteiger partial charge in [-0.2, -0.15) is 0 Å². The number of nitro groups is 1. The first-order chi connectivity index (χ1) is 7.07. The summed E-state index contributed by atoms with van der Waals surface area (Å²) in [6, 6.07) is 4.19. The first kappa shape index (κ1) is 12.1. The molecule has 0 aliphatic heterocycles. The molecular formula is C9H7BrClNO3. The lowest BCUT2D eigenvalue weighted by Crippen LogP contribution is -2.05. The Morgan fingerprint density at radius 1 is 1.53 bits per heavy atom. The van der Waals surface area contributed by atoms with Gasteiger partial charge in [-0.3, -0.25) is 14.9 Å². The Hall–Kier alpha value is -0.940. The van der Waals surface area contributed by atoms with Crippen LogP contribution >= 0.6 is 27.5 Å². The maximum absolute atomic E-state index is 11.6. The van der Waals surface area contributed by atoms with Crippen LogP contribution in [-0.4, -0.2) is 16.0 Å². The lowest BCUT2D eigenvalue weighted by molar-refractivity contribution is -0.385. The van der Waals surface area contributed by atoms with E-state index in [1.54, 1.807) is 0 Å². The topological polar surface area (TPSA) is 60.2 Å². The van der Waals surface area contributed by atoms with Crippen molar-refractivity contribution in [3.63, 3.8) is 0 Å². The molecule has 1 aromatic carbocycles. The molecule has 0 atom stereocenters. The first-order valence-electron chi connectivity index (χ1n) is 4.10. The van der Waals surface area contributed by atoms with Gasteiger partial charge >= 0.3 is 0 Å². The molecule has 0 amide bonds. The van der Waals surface area contributed by atoms with E-state index in [4.69, 9.17) is 11.6 Å². The molecule has 0 heterocycles. The second-order valence-corrected chi connectivity index (χ2v) is 3.95. The van der Waals surface area contributed by atoms with Gasteiger partial charge < -0.3 is 0 Å². The van der Waals surface area contributed by atoms with Gasteiger partial charge in [0.05, 0.1) is 9.95 Å². The zero-order valence-corrected chi connectivity index (χ0v) is 9.92. The van der Waals surface area contributed by atoms with Gasteiger partial charge in [-0.05, 0) is 6.07 Å². The van der Waals surface area contributed by atoms with Crippen molar-refractivity contribution < 1.29 is 9.72 Å². The Morgan fingerprint density at radius 3 is 2.73 bits per heavy atom. The monoisotopic (exact) mass is 291 g/mol. The number of ketones is 1. The molecule has 80 valence electrons. The molecule has 6 heteroatoms. The number of nitrogens with zero attached hydrogens (tertiary/aromatic N) is 1. The third-order valence-electron chi connectivity index (χ3n) is 1.79. The SMILES string of the molecule is O=C(CCBr)c1c(Cl)cccc1[N+](=O)[O-]. The summed E-state index contributed by atoms with van der Waals surface area (Å²) in [6.45, 7) is 0. The zero-order chi connectivity index (χ0) is 11.4. The molecule has 0 saturated carbocycles. The third-order valence-corrected chi connectivity index (χ3v) is 2.50. The molecule has 0 unspecified atom stereocenters. The van der Waals surface area contributed by atoms with Gasteiger partial charge in [0.1, 0.15) is 5.56 Å². The fourth-order valence-corrected chi connectivity index (χ4v) is 1.79. The second-order valence-electron chi connectivity index (χ2n) is 2.75. The van der Waals surface area contributed by atoms with Crippen LogP contribution in [0.4, 0.5) is 5.69 Å². The molecule has 0 fully saturated rings. The van der Waals surface area contributed by atoms with Crippen LogP contribution in [0.3, 0.4) is 0 Å². The summed E-state index contributed by atoms with van der Waals surface area (Å²) in [5.74, 6) is -0.329. The Kier molecular flexibility index (Phi) is 4.23. The van der Waals surface area contributed by atoms with Crippen molar-refractivity contribution in [2.24, 2.45) is 0 Å². The molecule has 1 aromatic rings. The number of carbonyl (C=O) groups is 1. The number of rotatable bonds is 4. The van der Waals surface area contributed by atoms with E-state index in [0.29, 0.717) is 5.33 Å². The Bertz CT molecular complexity index is 408. The molecule has 1 rings (SSSR count). The van der Waals surface area contributed by atoms with Crippen LogP contribution in [0.2, 0.25) is 5.02 Å². The van der Waals surface area contributed by atoms with Crippen LogP contribution in [0.25, 0.3) is 0 Å². The van der Waals surface area contributed by atoms with E-state index in [2.05, 4.69) is 15.9 Å². The summed E-state index contributed by atoms with van der Waals surface area (Å²) in [7, 11) is 0. The predicted molar refractivity (Wildman–Crippen MR) is 60.8 cm³/mol. The molecule has 0 spiro atoms. The van der Waals surface area contributed by atoms with Crippen molar-refractivity contribution in [2.45, 2.75) is 6.42 Å². The minimum absolute atomic E-state index is 0.0105. The number of carbonyl (C=O) groups excluding carboxylic acids is 1. The summed E-state index contributed by atoms with van der Waals surface area (Å²) in [5, 5.41) is 11.2. The molecule has 0 aromatic heterocycles. The van der Waals surface area contributed by atoms with E-state index >= 15 is 0 Å². The summed E-state index contributed by atoms with van der Waals surface area (Å²) >= 11 is 8.86. The quantitative estimate of drug-likeness (QED) is 0.370. The van der Waals surface area contributed by atoms with E-state index < -0.39 is 4.92 Å². The molecule has 0 N–H and O–H groups in total. The maximum Gasteiger partial charge on any atom is 0.281 e. The Morgan fingerprint density at radius 2 is 2.20 bits per heavy atom. The van der Waals surface area contributed by atoms with Crippen LogP contribution in [0.5, 0.6) is 0 Å². The first-order valence-corrected chi connectivity index (χ1v) is 5.60. The average molecular weight is 293 g/mol. The Labute approximate surface area is 99.5 Å². The van der Waals surface area contributed by atoms with Gasteiger partial charge in [0.2, 0.25) is 0 Å². The van der Waals surface area contributed by atoms with Crippen molar-refractivity contribution >= 4 is 39.0 Å². The van der Waals surface area contributed by atoms with E-state index in [-0.39, 0.29) is 28.5 Å². The molecule has 0 saturated heterocycles. The number of halogens is 2. The highest BCUT2D eigenvalue weighted by atomic mass is 79.9. The van der Waals surface area contributed by atoms with E-state index in [1.807, 2.05) is 0 Å². The lowest BCUT2D eigenvalue weighted by atomic mass is 10.1. The van der Waals surface area contributed by atoms with E-state index in [1.165, 1.54) is 18.2 Å². The minimum atomic E-state index is -0.604. The molecular weight excluding hydrogens is 285 g/mol. The summed E-state index contributed by atoms with van der Waals surface area (Å²) in [6.07, 6.45) is 0.185. The Balaban J connectivity index is 3.24.